The fourth-order valence-corrected chi connectivity index (χ4v) is 2.60. The van der Waals surface area contributed by atoms with Crippen LogP contribution in [-0.4, -0.2) is 39.7 Å². The summed E-state index contributed by atoms with van der Waals surface area (Å²) in [6.07, 6.45) is -2.36. The average Bonchev–Trinajstić information content (AvgIpc) is 3.23. The molecule has 0 radical (unpaired) electrons. The maximum Gasteiger partial charge on any atom is 0.432 e. The highest BCUT2D eigenvalue weighted by atomic mass is 19.4. The molecule has 0 spiro atoms. The first-order valence-corrected chi connectivity index (χ1v) is 9.14. The molecule has 3 rings (SSSR count). The molecule has 164 valence electrons. The Morgan fingerprint density at radius 2 is 1.87 bits per heavy atom. The van der Waals surface area contributed by atoms with Crippen molar-refractivity contribution in [3.63, 3.8) is 0 Å². The van der Waals surface area contributed by atoms with E-state index in [1.54, 1.807) is 44.2 Å². The number of rotatable bonds is 7. The van der Waals surface area contributed by atoms with Crippen LogP contribution >= 0.6 is 0 Å². The predicted octanol–water partition coefficient (Wildman–Crippen LogP) is 4.66. The second kappa shape index (κ2) is 8.29. The van der Waals surface area contributed by atoms with Gasteiger partial charge >= 0.3 is 12.1 Å². The lowest BCUT2D eigenvalue weighted by Crippen LogP contribution is -2.30. The zero-order valence-corrected chi connectivity index (χ0v) is 16.9. The van der Waals surface area contributed by atoms with E-state index in [1.165, 1.54) is 13.3 Å². The number of H-pyrrole nitrogens is 1. The third-order valence-corrected chi connectivity index (χ3v) is 4.55. The second-order valence-electron chi connectivity index (χ2n) is 7.42. The first-order valence-electron chi connectivity index (χ1n) is 9.14. The lowest BCUT2D eigenvalue weighted by atomic mass is 9.95. The van der Waals surface area contributed by atoms with E-state index in [0.29, 0.717) is 28.3 Å². The number of carboxylic acids is 1. The van der Waals surface area contributed by atoms with E-state index in [0.717, 1.165) is 6.20 Å². The molecule has 0 bridgehead atoms. The molecule has 1 aromatic carbocycles. The number of carbonyl (C=O) groups is 1. The van der Waals surface area contributed by atoms with Gasteiger partial charge in [0.15, 0.2) is 0 Å². The van der Waals surface area contributed by atoms with Crippen molar-refractivity contribution < 1.29 is 32.5 Å². The fourth-order valence-electron chi connectivity index (χ4n) is 2.60. The van der Waals surface area contributed by atoms with Crippen molar-refractivity contribution >= 4 is 5.97 Å². The van der Waals surface area contributed by atoms with Gasteiger partial charge in [-0.25, -0.2) is 4.98 Å². The van der Waals surface area contributed by atoms with Crippen molar-refractivity contribution in [3.05, 3.63) is 48.4 Å². The predicted molar refractivity (Wildman–Crippen MR) is 106 cm³/mol. The summed E-state index contributed by atoms with van der Waals surface area (Å²) in [7, 11) is 1.47. The van der Waals surface area contributed by atoms with Gasteiger partial charge in [-0.1, -0.05) is 0 Å². The highest BCUT2D eigenvalue weighted by Gasteiger charge is 2.33. The Balaban J connectivity index is 1.81. The molecule has 0 unspecified atom stereocenters. The highest BCUT2D eigenvalue weighted by Crippen LogP contribution is 2.34. The largest absolute Gasteiger partial charge is 0.496 e. The normalized spacial score (nSPS) is 11.9. The summed E-state index contributed by atoms with van der Waals surface area (Å²) < 4.78 is 49.2. The second-order valence-corrected chi connectivity index (χ2v) is 7.42. The zero-order valence-electron chi connectivity index (χ0n) is 16.9. The van der Waals surface area contributed by atoms with Crippen molar-refractivity contribution in [3.8, 4) is 34.1 Å². The van der Waals surface area contributed by atoms with Crippen LogP contribution in [0.1, 0.15) is 19.5 Å². The van der Waals surface area contributed by atoms with Gasteiger partial charge in [-0.15, -0.1) is 0 Å². The van der Waals surface area contributed by atoms with Crippen molar-refractivity contribution in [2.75, 3.05) is 13.7 Å². The first kappa shape index (κ1) is 22.1. The molecule has 0 fully saturated rings. The molecule has 0 aliphatic carbocycles. The molecular formula is C21H20F3N3O4. The zero-order chi connectivity index (χ0) is 22.8. The summed E-state index contributed by atoms with van der Waals surface area (Å²) in [6.45, 7) is 3.09. The maximum absolute atomic E-state index is 12.7. The maximum atomic E-state index is 12.7. The monoisotopic (exact) mass is 435 g/mol. The molecule has 0 saturated heterocycles. The van der Waals surface area contributed by atoms with Crippen LogP contribution in [0.25, 0.3) is 22.6 Å². The molecule has 3 aromatic rings. The Kier molecular flexibility index (Phi) is 5.92. The van der Waals surface area contributed by atoms with E-state index in [1.807, 2.05) is 0 Å². The van der Waals surface area contributed by atoms with Crippen LogP contribution in [0.5, 0.6) is 11.5 Å². The number of nitrogens with zero attached hydrogens (tertiary/aromatic N) is 2. The quantitative estimate of drug-likeness (QED) is 0.561. The number of methoxy groups -OCH3 is 1. The molecule has 7 nitrogen and oxygen atoms in total. The van der Waals surface area contributed by atoms with Gasteiger partial charge in [0.2, 0.25) is 0 Å². The number of hydrogen-bond donors (Lipinski definition) is 2. The number of halogens is 3. The van der Waals surface area contributed by atoms with Crippen LogP contribution in [-0.2, 0) is 11.0 Å². The van der Waals surface area contributed by atoms with Crippen LogP contribution in [0.2, 0.25) is 0 Å². The smallest absolute Gasteiger partial charge is 0.432 e. The van der Waals surface area contributed by atoms with Crippen LogP contribution in [0.15, 0.2) is 42.7 Å². The molecule has 0 amide bonds. The Morgan fingerprint density at radius 1 is 1.13 bits per heavy atom. The molecule has 0 aliphatic rings. The standard InChI is InChI=1S/C21H20F3N3O4/c1-20(2,19(28)29)11-31-13-5-6-14(16(8-13)30-3)15-7-4-12(9-25-15)18-26-10-17(27-18)21(22,23)24/h4-10H,11H2,1-3H3,(H,26,27)(H,28,29). The van der Waals surface area contributed by atoms with Gasteiger partial charge in [0, 0.05) is 23.4 Å². The minimum Gasteiger partial charge on any atom is -0.496 e. The number of aliphatic carboxylic acids is 1. The topological polar surface area (TPSA) is 97.3 Å². The number of aromatic amines is 1. The number of ether oxygens (including phenoxy) is 2. The highest BCUT2D eigenvalue weighted by molar-refractivity contribution is 5.74. The van der Waals surface area contributed by atoms with Gasteiger partial charge in [0.25, 0.3) is 0 Å². The number of aromatic nitrogens is 3. The molecular weight excluding hydrogens is 415 g/mol. The van der Waals surface area contributed by atoms with Gasteiger partial charge in [0.1, 0.15) is 29.6 Å². The van der Waals surface area contributed by atoms with Crippen LogP contribution in [0.3, 0.4) is 0 Å². The van der Waals surface area contributed by atoms with Gasteiger partial charge in [-0.05, 0) is 38.1 Å². The summed E-state index contributed by atoms with van der Waals surface area (Å²) in [5, 5.41) is 9.18. The van der Waals surface area contributed by atoms with Crippen molar-refractivity contribution in [1.29, 1.82) is 0 Å². The number of pyridine rings is 1. The Labute approximate surface area is 175 Å². The summed E-state index contributed by atoms with van der Waals surface area (Å²) in [4.78, 5) is 21.5. The minimum atomic E-state index is -4.50. The van der Waals surface area contributed by atoms with Gasteiger partial charge in [-0.2, -0.15) is 13.2 Å². The van der Waals surface area contributed by atoms with Crippen molar-refractivity contribution in [1.82, 2.24) is 15.0 Å². The van der Waals surface area contributed by atoms with E-state index in [9.17, 15) is 23.1 Å². The van der Waals surface area contributed by atoms with Crippen LogP contribution in [0.4, 0.5) is 13.2 Å². The lowest BCUT2D eigenvalue weighted by molar-refractivity contribution is -0.148. The first-order chi connectivity index (χ1) is 14.5. The summed E-state index contributed by atoms with van der Waals surface area (Å²) in [5.41, 5.74) is -0.430. The van der Waals surface area contributed by atoms with Crippen molar-refractivity contribution in [2.24, 2.45) is 5.41 Å². The molecule has 2 N–H and O–H groups in total. The Bertz CT molecular complexity index is 1080. The summed E-state index contributed by atoms with van der Waals surface area (Å²) in [5.74, 6) is -0.0348. The van der Waals surface area contributed by atoms with Crippen molar-refractivity contribution in [2.45, 2.75) is 20.0 Å². The number of imidazole rings is 1. The van der Waals surface area contributed by atoms with E-state index < -0.39 is 23.3 Å². The SMILES string of the molecule is COc1cc(OCC(C)(C)C(=O)O)ccc1-c1ccc(-c2ncc(C(F)(F)F)[nH]2)cn1. The van der Waals surface area contributed by atoms with E-state index >= 15 is 0 Å². The van der Waals surface area contributed by atoms with E-state index in [4.69, 9.17) is 9.47 Å². The third-order valence-electron chi connectivity index (χ3n) is 4.55. The number of benzene rings is 1. The van der Waals surface area contributed by atoms with Crippen LogP contribution in [0, 0.1) is 5.41 Å². The molecule has 2 heterocycles. The number of alkyl halides is 3. The summed E-state index contributed by atoms with van der Waals surface area (Å²) >= 11 is 0. The molecule has 0 atom stereocenters. The third kappa shape index (κ3) is 4.96. The molecule has 10 heteroatoms. The van der Waals surface area contributed by atoms with E-state index in [2.05, 4.69) is 15.0 Å². The number of hydrogen-bond acceptors (Lipinski definition) is 5. The Morgan fingerprint density at radius 3 is 2.42 bits per heavy atom. The Hall–Kier alpha value is -3.56. The van der Waals surface area contributed by atoms with Crippen LogP contribution < -0.4 is 9.47 Å². The average molecular weight is 435 g/mol. The molecule has 2 aromatic heterocycles. The molecule has 31 heavy (non-hydrogen) atoms. The lowest BCUT2D eigenvalue weighted by Gasteiger charge is -2.20. The molecule has 0 saturated carbocycles. The molecule has 0 aliphatic heterocycles. The fraction of sp³-hybridized carbons (Fsp3) is 0.286. The number of carboxylic acid groups (broad SMARTS) is 1. The summed E-state index contributed by atoms with van der Waals surface area (Å²) in [6, 6.07) is 8.22. The van der Waals surface area contributed by atoms with Gasteiger partial charge in [-0.3, -0.25) is 9.78 Å². The van der Waals surface area contributed by atoms with Gasteiger partial charge < -0.3 is 19.6 Å². The van der Waals surface area contributed by atoms with E-state index in [-0.39, 0.29) is 12.4 Å². The minimum absolute atomic E-state index is 0.0269. The number of nitrogens with one attached hydrogen (secondary N) is 1. The van der Waals surface area contributed by atoms with Gasteiger partial charge in [0.05, 0.1) is 24.4 Å².